The van der Waals surface area contributed by atoms with Crippen LogP contribution in [0.5, 0.6) is 5.75 Å². The second-order valence-electron chi connectivity index (χ2n) is 11.6. The average molecular weight is 559 g/mol. The van der Waals surface area contributed by atoms with Gasteiger partial charge < -0.3 is 4.84 Å². The van der Waals surface area contributed by atoms with Crippen LogP contribution in [0.3, 0.4) is 0 Å². The molecule has 0 radical (unpaired) electrons. The van der Waals surface area contributed by atoms with Crippen molar-refractivity contribution in [2.45, 2.75) is 79.6 Å². The molecule has 1 heterocycles. The van der Waals surface area contributed by atoms with E-state index in [1.54, 1.807) is 0 Å². The van der Waals surface area contributed by atoms with Crippen molar-refractivity contribution in [3.05, 3.63) is 123 Å². The molecule has 3 aromatic rings. The van der Waals surface area contributed by atoms with Crippen LogP contribution in [0.4, 0.5) is 0 Å². The topological polar surface area (TPSA) is 36.3 Å². The number of allylic oxidation sites excluding steroid dienone is 5. The predicted molar refractivity (Wildman–Crippen MR) is 177 cm³/mol. The molecule has 1 aliphatic heterocycles. The fourth-order valence-electron chi connectivity index (χ4n) is 5.99. The molecule has 4 rings (SSSR count). The Morgan fingerprint density at radius 1 is 0.857 bits per heavy atom. The van der Waals surface area contributed by atoms with Gasteiger partial charge in [0, 0.05) is 24.2 Å². The van der Waals surface area contributed by atoms with Gasteiger partial charge in [-0.05, 0) is 135 Å². The Labute approximate surface area is 253 Å². The average Bonchev–Trinajstić information content (AvgIpc) is 3.00. The summed E-state index contributed by atoms with van der Waals surface area (Å²) >= 11 is 0. The van der Waals surface area contributed by atoms with Crippen LogP contribution in [0.2, 0.25) is 0 Å². The van der Waals surface area contributed by atoms with E-state index in [1.807, 2.05) is 25.2 Å². The van der Waals surface area contributed by atoms with E-state index < -0.39 is 0 Å². The van der Waals surface area contributed by atoms with Crippen LogP contribution in [-0.4, -0.2) is 18.2 Å². The van der Waals surface area contributed by atoms with Gasteiger partial charge in [0.15, 0.2) is 5.75 Å². The number of hydrogen-bond acceptors (Lipinski definition) is 3. The molecule has 3 nitrogen and oxygen atoms in total. The number of piperidine rings is 1. The Balaban J connectivity index is 1.51. The molecule has 0 aromatic heterocycles. The highest BCUT2D eigenvalue weighted by atomic mass is 16.7. The summed E-state index contributed by atoms with van der Waals surface area (Å²) in [6.07, 6.45) is 13.2. The fourth-order valence-corrected chi connectivity index (χ4v) is 5.99. The van der Waals surface area contributed by atoms with E-state index in [-0.39, 0.29) is 0 Å². The van der Waals surface area contributed by atoms with Gasteiger partial charge in [-0.3, -0.25) is 0 Å². The molecule has 0 saturated carbocycles. The zero-order valence-corrected chi connectivity index (χ0v) is 26.2. The van der Waals surface area contributed by atoms with E-state index in [2.05, 4.69) is 93.9 Å². The highest BCUT2D eigenvalue weighted by molar-refractivity contribution is 5.73. The van der Waals surface area contributed by atoms with Crippen LogP contribution in [0.25, 0.3) is 11.1 Å². The van der Waals surface area contributed by atoms with Gasteiger partial charge in [-0.2, -0.15) is 5.26 Å². The van der Waals surface area contributed by atoms with Crippen molar-refractivity contribution in [1.29, 1.82) is 5.26 Å². The van der Waals surface area contributed by atoms with E-state index in [0.717, 1.165) is 50.1 Å². The lowest BCUT2D eigenvalue weighted by molar-refractivity contribution is -0.0724. The Morgan fingerprint density at radius 3 is 2.17 bits per heavy atom. The molecular formula is C39H46N2O. The van der Waals surface area contributed by atoms with Crippen molar-refractivity contribution < 1.29 is 4.84 Å². The monoisotopic (exact) mass is 558 g/mol. The van der Waals surface area contributed by atoms with Crippen molar-refractivity contribution in [1.82, 2.24) is 5.06 Å². The Hall–Kier alpha value is -3.87. The number of hydroxylamine groups is 2. The minimum atomic E-state index is 0.681. The molecule has 218 valence electrons. The molecule has 3 aromatic carbocycles. The number of nitrogens with zero attached hydrogens (tertiary/aromatic N) is 2. The normalized spacial score (nSPS) is 14.5. The first-order valence-corrected chi connectivity index (χ1v) is 15.4. The van der Waals surface area contributed by atoms with Crippen molar-refractivity contribution in [2.75, 3.05) is 13.1 Å². The Kier molecular flexibility index (Phi) is 11.0. The minimum Gasteiger partial charge on any atom is -0.406 e. The fraction of sp³-hybridized carbons (Fsp3) is 0.359. The maximum absolute atomic E-state index is 9.30. The number of rotatable bonds is 11. The molecule has 3 heteroatoms. The summed E-state index contributed by atoms with van der Waals surface area (Å²) in [5, 5.41) is 11.4. The van der Waals surface area contributed by atoms with Crippen LogP contribution >= 0.6 is 0 Å². The molecule has 0 bridgehead atoms. The number of benzene rings is 3. The van der Waals surface area contributed by atoms with Crippen LogP contribution in [0.15, 0.2) is 84.5 Å². The van der Waals surface area contributed by atoms with Gasteiger partial charge in [0.2, 0.25) is 0 Å². The molecule has 1 saturated heterocycles. The maximum Gasteiger partial charge on any atom is 0.150 e. The zero-order valence-electron chi connectivity index (χ0n) is 26.2. The third-order valence-corrected chi connectivity index (χ3v) is 8.75. The molecule has 0 unspecified atom stereocenters. The predicted octanol–water partition coefficient (Wildman–Crippen LogP) is 9.67. The summed E-state index contributed by atoms with van der Waals surface area (Å²) in [6, 6.07) is 20.1. The van der Waals surface area contributed by atoms with Gasteiger partial charge >= 0.3 is 0 Å². The summed E-state index contributed by atoms with van der Waals surface area (Å²) in [4.78, 5) is 6.34. The molecule has 0 atom stereocenters. The van der Waals surface area contributed by atoms with Gasteiger partial charge in [0.05, 0.1) is 6.07 Å². The molecule has 0 N–H and O–H groups in total. The van der Waals surface area contributed by atoms with E-state index in [0.29, 0.717) is 5.57 Å². The third-order valence-electron chi connectivity index (χ3n) is 8.75. The van der Waals surface area contributed by atoms with Gasteiger partial charge in [-0.15, -0.1) is 5.06 Å². The van der Waals surface area contributed by atoms with Crippen LogP contribution < -0.4 is 4.84 Å². The molecule has 0 spiro atoms. The van der Waals surface area contributed by atoms with Crippen molar-refractivity contribution >= 4 is 0 Å². The first-order chi connectivity index (χ1) is 20.3. The molecular weight excluding hydrogens is 512 g/mol. The van der Waals surface area contributed by atoms with Gasteiger partial charge in [-0.25, -0.2) is 0 Å². The molecule has 42 heavy (non-hydrogen) atoms. The smallest absolute Gasteiger partial charge is 0.150 e. The minimum absolute atomic E-state index is 0.681. The van der Waals surface area contributed by atoms with Crippen molar-refractivity contribution in [3.63, 3.8) is 0 Å². The van der Waals surface area contributed by atoms with Crippen LogP contribution in [0.1, 0.15) is 71.6 Å². The van der Waals surface area contributed by atoms with Crippen LogP contribution in [0, 0.1) is 39.0 Å². The second-order valence-corrected chi connectivity index (χ2v) is 11.6. The van der Waals surface area contributed by atoms with Crippen molar-refractivity contribution in [3.8, 4) is 22.9 Å². The third kappa shape index (κ3) is 7.69. The van der Waals surface area contributed by atoms with Crippen molar-refractivity contribution in [2.24, 2.45) is 0 Å². The first-order valence-electron chi connectivity index (χ1n) is 15.4. The lowest BCUT2D eigenvalue weighted by Crippen LogP contribution is -2.33. The second kappa shape index (κ2) is 14.9. The summed E-state index contributed by atoms with van der Waals surface area (Å²) in [7, 11) is 0. The highest BCUT2D eigenvalue weighted by Crippen LogP contribution is 2.34. The first kappa shape index (κ1) is 31.1. The number of hydrogen-bond donors (Lipinski definition) is 0. The van der Waals surface area contributed by atoms with Gasteiger partial charge in [0.1, 0.15) is 0 Å². The SMILES string of the molecule is C=C/C(=C\C(C#N)=C/C)CCc1cc(CCc2cccc(-c3cccc(ON4CCCCC4)c3C)c2C)c(C)cc1C. The van der Waals surface area contributed by atoms with Crippen LogP contribution in [-0.2, 0) is 19.3 Å². The molecule has 0 aliphatic carbocycles. The lowest BCUT2D eigenvalue weighted by Gasteiger charge is -2.27. The molecule has 1 fully saturated rings. The molecule has 1 aliphatic rings. The van der Waals surface area contributed by atoms with E-state index in [1.165, 1.54) is 69.3 Å². The summed E-state index contributed by atoms with van der Waals surface area (Å²) < 4.78 is 0. The Morgan fingerprint density at radius 2 is 1.50 bits per heavy atom. The van der Waals surface area contributed by atoms with Gasteiger partial charge in [0.25, 0.3) is 0 Å². The van der Waals surface area contributed by atoms with Gasteiger partial charge in [-0.1, -0.05) is 67.6 Å². The number of nitriles is 1. The summed E-state index contributed by atoms with van der Waals surface area (Å²) in [6.45, 7) is 16.8. The summed E-state index contributed by atoms with van der Waals surface area (Å²) in [5.74, 6) is 0.964. The summed E-state index contributed by atoms with van der Waals surface area (Å²) in [5.41, 5.74) is 13.7. The maximum atomic E-state index is 9.30. The number of aryl methyl sites for hydroxylation is 5. The highest BCUT2D eigenvalue weighted by Gasteiger charge is 2.16. The van der Waals surface area contributed by atoms with E-state index in [4.69, 9.17) is 4.84 Å². The van der Waals surface area contributed by atoms with E-state index in [9.17, 15) is 5.26 Å². The zero-order chi connectivity index (χ0) is 30.1. The largest absolute Gasteiger partial charge is 0.406 e. The van der Waals surface area contributed by atoms with E-state index >= 15 is 0 Å². The molecule has 0 amide bonds. The quantitative estimate of drug-likeness (QED) is 0.174. The standard InChI is InChI=1S/C39H46N2O/c1-7-32(25-33(8-2)27-40)18-19-35-26-36(29(4)24-28(35)3)21-20-34-14-12-15-37(30(34)5)38-16-13-17-39(31(38)6)42-41-22-10-9-11-23-41/h7-8,12-17,24-26H,1,9-11,18-23H2,2-6H3/b32-25+,33-8+. The Bertz CT molecular complexity index is 1510. The lowest BCUT2D eigenvalue weighted by atomic mass is 9.89.